The zero-order valence-corrected chi connectivity index (χ0v) is 17.9. The Morgan fingerprint density at radius 3 is 2.41 bits per heavy atom. The lowest BCUT2D eigenvalue weighted by Gasteiger charge is -2.22. The van der Waals surface area contributed by atoms with Gasteiger partial charge in [0.25, 0.3) is 5.91 Å². The molecule has 0 saturated carbocycles. The van der Waals surface area contributed by atoms with E-state index < -0.39 is 21.7 Å². The second kappa shape index (κ2) is 8.12. The summed E-state index contributed by atoms with van der Waals surface area (Å²) in [6.07, 6.45) is 2.04. The molecule has 8 heteroatoms. The molecule has 6 nitrogen and oxygen atoms in total. The fourth-order valence-electron chi connectivity index (χ4n) is 3.47. The highest BCUT2D eigenvalue weighted by molar-refractivity contribution is 7.89. The van der Waals surface area contributed by atoms with Crippen molar-refractivity contribution >= 4 is 27.3 Å². The maximum absolute atomic E-state index is 14.6. The summed E-state index contributed by atoms with van der Waals surface area (Å²) in [5, 5.41) is 2.66. The summed E-state index contributed by atoms with van der Waals surface area (Å²) in [7, 11) is -0.831. The van der Waals surface area contributed by atoms with Gasteiger partial charge in [0.15, 0.2) is 0 Å². The Morgan fingerprint density at radius 1 is 1.14 bits per heavy atom. The number of sulfonamides is 1. The van der Waals surface area contributed by atoms with E-state index >= 15 is 0 Å². The summed E-state index contributed by atoms with van der Waals surface area (Å²) in [5.74, 6) is -1.07. The van der Waals surface area contributed by atoms with Gasteiger partial charge in [0.05, 0.1) is 10.6 Å². The van der Waals surface area contributed by atoms with Crippen molar-refractivity contribution in [1.82, 2.24) is 4.31 Å². The number of halogens is 1. The van der Waals surface area contributed by atoms with Crippen molar-refractivity contribution in [2.24, 2.45) is 0 Å². The molecule has 0 aliphatic carbocycles. The van der Waals surface area contributed by atoms with Crippen molar-refractivity contribution < 1.29 is 17.6 Å². The monoisotopic (exact) mass is 419 g/mol. The number of benzene rings is 2. The Morgan fingerprint density at radius 2 is 1.79 bits per heavy atom. The first-order chi connectivity index (χ1) is 13.6. The average Bonchev–Trinajstić information content (AvgIpc) is 3.19. The van der Waals surface area contributed by atoms with E-state index in [1.807, 2.05) is 4.90 Å². The molecular weight excluding hydrogens is 393 g/mol. The Balaban J connectivity index is 2.00. The number of carbonyl (C=O) groups is 1. The predicted octanol–water partition coefficient (Wildman–Crippen LogP) is 3.55. The summed E-state index contributed by atoms with van der Waals surface area (Å²) in [6.45, 7) is 5.07. The standard InChI is InChI=1S/C21H26FN3O3S/c1-14-12-16(13-19(15(14)2)29(27,28)24(3)4)21(26)23-20-17(22)8-7-9-18(20)25-10-5-6-11-25/h7-9,12-13H,5-6,10-11H2,1-4H3,(H,23,26). The van der Waals surface area contributed by atoms with E-state index in [0.29, 0.717) is 16.8 Å². The van der Waals surface area contributed by atoms with Gasteiger partial charge in [-0.3, -0.25) is 4.79 Å². The van der Waals surface area contributed by atoms with Crippen LogP contribution in [0.1, 0.15) is 34.3 Å². The topological polar surface area (TPSA) is 69.7 Å². The van der Waals surface area contributed by atoms with Crippen LogP contribution in [-0.4, -0.2) is 45.8 Å². The van der Waals surface area contributed by atoms with Crippen molar-refractivity contribution in [2.45, 2.75) is 31.6 Å². The Kier molecular flexibility index (Phi) is 5.95. The lowest BCUT2D eigenvalue weighted by atomic mass is 10.1. The van der Waals surface area contributed by atoms with Crippen LogP contribution >= 0.6 is 0 Å². The van der Waals surface area contributed by atoms with E-state index in [0.717, 1.165) is 30.2 Å². The van der Waals surface area contributed by atoms with Crippen molar-refractivity contribution in [3.8, 4) is 0 Å². The molecule has 1 aliphatic heterocycles. The van der Waals surface area contributed by atoms with Gasteiger partial charge in [-0.1, -0.05) is 6.07 Å². The summed E-state index contributed by atoms with van der Waals surface area (Å²) in [6, 6.07) is 7.68. The smallest absolute Gasteiger partial charge is 0.255 e. The van der Waals surface area contributed by atoms with Gasteiger partial charge in [0.2, 0.25) is 10.0 Å². The highest BCUT2D eigenvalue weighted by atomic mass is 32.2. The second-order valence-corrected chi connectivity index (χ2v) is 9.61. The molecular formula is C21H26FN3O3S. The van der Waals surface area contributed by atoms with Crippen LogP contribution in [-0.2, 0) is 10.0 Å². The summed E-state index contributed by atoms with van der Waals surface area (Å²) in [5.41, 5.74) is 2.19. The molecule has 0 aromatic heterocycles. The summed E-state index contributed by atoms with van der Waals surface area (Å²) in [4.78, 5) is 15.1. The van der Waals surface area contributed by atoms with Crippen LogP contribution in [0.4, 0.5) is 15.8 Å². The number of nitrogens with one attached hydrogen (secondary N) is 1. The number of anilines is 2. The number of rotatable bonds is 5. The molecule has 0 atom stereocenters. The van der Waals surface area contributed by atoms with E-state index in [1.54, 1.807) is 32.0 Å². The summed E-state index contributed by atoms with van der Waals surface area (Å²) >= 11 is 0. The van der Waals surface area contributed by atoms with Gasteiger partial charge in [-0.2, -0.15) is 0 Å². The number of amides is 1. The van der Waals surface area contributed by atoms with Crippen LogP contribution in [0.25, 0.3) is 0 Å². The van der Waals surface area contributed by atoms with Gasteiger partial charge in [-0.15, -0.1) is 0 Å². The lowest BCUT2D eigenvalue weighted by Crippen LogP contribution is -2.25. The van der Waals surface area contributed by atoms with E-state index in [9.17, 15) is 17.6 Å². The molecule has 1 N–H and O–H groups in total. The number of aryl methyl sites for hydroxylation is 1. The molecule has 0 spiro atoms. The largest absolute Gasteiger partial charge is 0.370 e. The molecule has 29 heavy (non-hydrogen) atoms. The van der Waals surface area contributed by atoms with Crippen molar-refractivity contribution in [3.05, 3.63) is 52.8 Å². The minimum absolute atomic E-state index is 0.0703. The van der Waals surface area contributed by atoms with Crippen molar-refractivity contribution in [3.63, 3.8) is 0 Å². The average molecular weight is 420 g/mol. The van der Waals surface area contributed by atoms with E-state index in [4.69, 9.17) is 0 Å². The quantitative estimate of drug-likeness (QED) is 0.805. The maximum Gasteiger partial charge on any atom is 0.255 e. The third-order valence-electron chi connectivity index (χ3n) is 5.32. The van der Waals surface area contributed by atoms with Gasteiger partial charge in [0.1, 0.15) is 11.5 Å². The van der Waals surface area contributed by atoms with Gasteiger partial charge in [-0.25, -0.2) is 17.1 Å². The predicted molar refractivity (Wildman–Crippen MR) is 113 cm³/mol. The Hall–Kier alpha value is -2.45. The first-order valence-corrected chi connectivity index (χ1v) is 11.0. The Bertz CT molecular complexity index is 1050. The number of carbonyl (C=O) groups excluding carboxylic acids is 1. The number of para-hydroxylation sites is 1. The fourth-order valence-corrected chi connectivity index (χ4v) is 4.68. The fraction of sp³-hybridized carbons (Fsp3) is 0.381. The summed E-state index contributed by atoms with van der Waals surface area (Å²) < 4.78 is 41.0. The van der Waals surface area contributed by atoms with Crippen LogP contribution in [0.5, 0.6) is 0 Å². The van der Waals surface area contributed by atoms with Crippen LogP contribution in [0.3, 0.4) is 0 Å². The molecule has 2 aromatic carbocycles. The molecule has 1 aliphatic rings. The molecule has 2 aromatic rings. The maximum atomic E-state index is 14.6. The van der Waals surface area contributed by atoms with Gasteiger partial charge in [0, 0.05) is 32.7 Å². The third-order valence-corrected chi connectivity index (χ3v) is 7.26. The lowest BCUT2D eigenvalue weighted by molar-refractivity contribution is 0.102. The molecule has 1 saturated heterocycles. The number of hydrogen-bond donors (Lipinski definition) is 1. The molecule has 156 valence electrons. The molecule has 3 rings (SSSR count). The highest BCUT2D eigenvalue weighted by Crippen LogP contribution is 2.32. The number of nitrogens with zero attached hydrogens (tertiary/aromatic N) is 2. The Labute approximate surface area is 171 Å². The van der Waals surface area contributed by atoms with Gasteiger partial charge < -0.3 is 10.2 Å². The molecule has 0 bridgehead atoms. The molecule has 1 fully saturated rings. The first kappa shape index (κ1) is 21.3. The van der Waals surface area contributed by atoms with Crippen LogP contribution < -0.4 is 10.2 Å². The minimum Gasteiger partial charge on any atom is -0.370 e. The van der Waals surface area contributed by atoms with Crippen LogP contribution in [0, 0.1) is 19.7 Å². The van der Waals surface area contributed by atoms with Crippen LogP contribution in [0.2, 0.25) is 0 Å². The third kappa shape index (κ3) is 4.13. The molecule has 0 unspecified atom stereocenters. The van der Waals surface area contributed by atoms with Gasteiger partial charge >= 0.3 is 0 Å². The zero-order valence-electron chi connectivity index (χ0n) is 17.1. The van der Waals surface area contributed by atoms with E-state index in [2.05, 4.69) is 5.32 Å². The molecule has 0 radical (unpaired) electrons. The highest BCUT2D eigenvalue weighted by Gasteiger charge is 2.24. The molecule has 1 amide bonds. The van der Waals surface area contributed by atoms with Crippen molar-refractivity contribution in [2.75, 3.05) is 37.4 Å². The number of hydrogen-bond acceptors (Lipinski definition) is 4. The first-order valence-electron chi connectivity index (χ1n) is 9.51. The van der Waals surface area contributed by atoms with E-state index in [1.165, 1.54) is 26.2 Å². The van der Waals surface area contributed by atoms with Crippen LogP contribution in [0.15, 0.2) is 35.2 Å². The van der Waals surface area contributed by atoms with Gasteiger partial charge in [-0.05, 0) is 62.1 Å². The SMILES string of the molecule is Cc1cc(C(=O)Nc2c(F)cccc2N2CCCC2)cc(S(=O)(=O)N(C)C)c1C. The normalized spacial score (nSPS) is 14.5. The zero-order chi connectivity index (χ0) is 21.3. The van der Waals surface area contributed by atoms with Crippen molar-refractivity contribution in [1.29, 1.82) is 0 Å². The minimum atomic E-state index is -3.72. The molecule has 1 heterocycles. The van der Waals surface area contributed by atoms with E-state index in [-0.39, 0.29) is 16.1 Å². The second-order valence-electron chi connectivity index (χ2n) is 7.49.